The summed E-state index contributed by atoms with van der Waals surface area (Å²) >= 11 is 0. The predicted molar refractivity (Wildman–Crippen MR) is 122 cm³/mol. The summed E-state index contributed by atoms with van der Waals surface area (Å²) in [5.74, 6) is 0.423. The predicted octanol–water partition coefficient (Wildman–Crippen LogP) is 6.68. The molecule has 30 heavy (non-hydrogen) atoms. The lowest BCUT2D eigenvalue weighted by molar-refractivity contribution is 0.439. The van der Waals surface area contributed by atoms with Crippen molar-refractivity contribution in [3.05, 3.63) is 93.0 Å². The summed E-state index contributed by atoms with van der Waals surface area (Å²) in [5, 5.41) is 21.8. The van der Waals surface area contributed by atoms with Crippen molar-refractivity contribution >= 4 is 0 Å². The molecule has 0 saturated heterocycles. The second-order valence-electron chi connectivity index (χ2n) is 10.9. The zero-order valence-corrected chi connectivity index (χ0v) is 18.7. The summed E-state index contributed by atoms with van der Waals surface area (Å²) in [4.78, 5) is 0. The molecule has 6 rings (SSSR count). The minimum Gasteiger partial charge on any atom is -0.508 e. The fraction of sp³-hybridized carbons (Fsp3) is 0.357. The van der Waals surface area contributed by atoms with E-state index in [-0.39, 0.29) is 34.2 Å². The van der Waals surface area contributed by atoms with E-state index in [2.05, 4.69) is 77.9 Å². The van der Waals surface area contributed by atoms with Crippen LogP contribution >= 0.6 is 0 Å². The van der Waals surface area contributed by atoms with Crippen molar-refractivity contribution in [1.29, 1.82) is 0 Å². The Balaban J connectivity index is 1.91. The van der Waals surface area contributed by atoms with Gasteiger partial charge in [0, 0.05) is 23.0 Å². The number of rotatable bonds is 0. The van der Waals surface area contributed by atoms with E-state index in [0.717, 1.165) is 11.1 Å². The maximum absolute atomic E-state index is 11.0. The highest BCUT2D eigenvalue weighted by molar-refractivity contribution is 5.74. The first-order valence-corrected chi connectivity index (χ1v) is 10.8. The molecule has 3 aromatic carbocycles. The van der Waals surface area contributed by atoms with Gasteiger partial charge in [0.2, 0.25) is 0 Å². The van der Waals surface area contributed by atoms with Crippen LogP contribution in [-0.2, 0) is 10.8 Å². The first-order valence-electron chi connectivity index (χ1n) is 10.8. The molecule has 0 fully saturated rings. The molecule has 3 aromatic rings. The van der Waals surface area contributed by atoms with Gasteiger partial charge in [-0.2, -0.15) is 0 Å². The molecule has 2 bridgehead atoms. The Morgan fingerprint density at radius 2 is 1.23 bits per heavy atom. The van der Waals surface area contributed by atoms with Crippen LogP contribution in [0.2, 0.25) is 0 Å². The molecule has 0 saturated carbocycles. The van der Waals surface area contributed by atoms with Crippen molar-refractivity contribution in [2.45, 2.75) is 64.2 Å². The van der Waals surface area contributed by atoms with Crippen LogP contribution in [-0.4, -0.2) is 10.2 Å². The van der Waals surface area contributed by atoms with E-state index in [1.807, 2.05) is 0 Å². The number of phenols is 2. The summed E-state index contributed by atoms with van der Waals surface area (Å²) in [6.45, 7) is 13.5. The topological polar surface area (TPSA) is 40.5 Å². The summed E-state index contributed by atoms with van der Waals surface area (Å²) in [6.07, 6.45) is 0. The lowest BCUT2D eigenvalue weighted by atomic mass is 9.58. The number of hydrogen-bond donors (Lipinski definition) is 2. The Bertz CT molecular complexity index is 1190. The Hall–Kier alpha value is -2.74. The SMILES string of the molecule is CC(C)(C)c1ccc2c(c1)C1c3c(cccc3C(C)(C)C)C2c2c(O)ccc(O)c21. The van der Waals surface area contributed by atoms with Crippen molar-refractivity contribution in [1.82, 2.24) is 0 Å². The molecule has 3 aliphatic rings. The molecule has 2 atom stereocenters. The van der Waals surface area contributed by atoms with Gasteiger partial charge in [0.05, 0.1) is 0 Å². The minimum atomic E-state index is -0.0696. The van der Waals surface area contributed by atoms with Gasteiger partial charge in [-0.15, -0.1) is 0 Å². The molecule has 0 amide bonds. The summed E-state index contributed by atoms with van der Waals surface area (Å²) in [7, 11) is 0. The first kappa shape index (κ1) is 19.2. The van der Waals surface area contributed by atoms with Gasteiger partial charge in [0.25, 0.3) is 0 Å². The summed E-state index contributed by atoms with van der Waals surface area (Å²) < 4.78 is 0. The molecule has 154 valence electrons. The van der Waals surface area contributed by atoms with E-state index < -0.39 is 0 Å². The molecule has 2 unspecified atom stereocenters. The fourth-order valence-electron chi connectivity index (χ4n) is 5.52. The quantitative estimate of drug-likeness (QED) is 0.286. The van der Waals surface area contributed by atoms with E-state index in [4.69, 9.17) is 0 Å². The van der Waals surface area contributed by atoms with Crippen molar-refractivity contribution < 1.29 is 10.2 Å². The van der Waals surface area contributed by atoms with E-state index in [1.165, 1.54) is 33.4 Å². The summed E-state index contributed by atoms with van der Waals surface area (Å²) in [6, 6.07) is 16.7. The van der Waals surface area contributed by atoms with Crippen molar-refractivity contribution in [2.24, 2.45) is 0 Å². The number of phenolic OH excluding ortho intramolecular Hbond substituents is 2. The number of benzene rings is 3. The highest BCUT2D eigenvalue weighted by Crippen LogP contribution is 2.61. The third-order valence-electron chi connectivity index (χ3n) is 6.94. The second kappa shape index (κ2) is 5.91. The molecular formula is C28H30O2. The zero-order chi connectivity index (χ0) is 21.6. The largest absolute Gasteiger partial charge is 0.508 e. The van der Waals surface area contributed by atoms with Crippen LogP contribution in [0.1, 0.15) is 97.9 Å². The normalized spacial score (nSPS) is 19.3. The van der Waals surface area contributed by atoms with Crippen LogP contribution in [0.5, 0.6) is 11.5 Å². The summed E-state index contributed by atoms with van der Waals surface area (Å²) in [5.41, 5.74) is 9.47. The molecule has 3 aliphatic carbocycles. The van der Waals surface area contributed by atoms with Crippen molar-refractivity contribution in [2.75, 3.05) is 0 Å². The maximum atomic E-state index is 11.0. The molecule has 0 aromatic heterocycles. The van der Waals surface area contributed by atoms with Crippen LogP contribution in [0.25, 0.3) is 0 Å². The van der Waals surface area contributed by atoms with E-state index >= 15 is 0 Å². The van der Waals surface area contributed by atoms with Gasteiger partial charge in [0.15, 0.2) is 0 Å². The molecule has 0 heterocycles. The standard InChI is InChI=1S/C28H30O2/c1-27(2,3)15-10-11-16-18(14-15)24-23-17(8-7-9-19(23)28(4,5)6)22(16)25-20(29)12-13-21(30)26(24)25/h7-14,22,24,29-30H,1-6H3. The van der Waals surface area contributed by atoms with Crippen LogP contribution in [0, 0.1) is 0 Å². The van der Waals surface area contributed by atoms with Crippen LogP contribution < -0.4 is 0 Å². The van der Waals surface area contributed by atoms with Gasteiger partial charge in [-0.1, -0.05) is 77.9 Å². The Kier molecular flexibility index (Phi) is 3.79. The van der Waals surface area contributed by atoms with Gasteiger partial charge in [-0.3, -0.25) is 0 Å². The Morgan fingerprint density at radius 1 is 0.600 bits per heavy atom. The third kappa shape index (κ3) is 2.49. The molecule has 2 N–H and O–H groups in total. The first-order chi connectivity index (χ1) is 14.0. The molecule has 2 heteroatoms. The van der Waals surface area contributed by atoms with E-state index in [0.29, 0.717) is 0 Å². The highest BCUT2D eigenvalue weighted by atomic mass is 16.3. The molecule has 0 spiro atoms. The number of hydrogen-bond acceptors (Lipinski definition) is 2. The van der Waals surface area contributed by atoms with Gasteiger partial charge >= 0.3 is 0 Å². The Labute approximate surface area is 179 Å². The molecule has 0 aliphatic heterocycles. The van der Waals surface area contributed by atoms with Gasteiger partial charge in [0.1, 0.15) is 11.5 Å². The van der Waals surface area contributed by atoms with E-state index in [9.17, 15) is 10.2 Å². The molecule has 2 nitrogen and oxygen atoms in total. The maximum Gasteiger partial charge on any atom is 0.120 e. The van der Waals surface area contributed by atoms with Crippen LogP contribution in [0.3, 0.4) is 0 Å². The van der Waals surface area contributed by atoms with Crippen LogP contribution in [0.15, 0.2) is 48.5 Å². The Morgan fingerprint density at radius 3 is 1.83 bits per heavy atom. The lowest BCUT2D eigenvalue weighted by Gasteiger charge is -2.45. The number of aromatic hydroxyl groups is 2. The lowest BCUT2D eigenvalue weighted by Crippen LogP contribution is -2.31. The fourth-order valence-corrected chi connectivity index (χ4v) is 5.52. The van der Waals surface area contributed by atoms with Crippen molar-refractivity contribution in [3.8, 4) is 11.5 Å². The van der Waals surface area contributed by atoms with E-state index in [1.54, 1.807) is 12.1 Å². The average Bonchev–Trinajstić information content (AvgIpc) is 2.68. The zero-order valence-electron chi connectivity index (χ0n) is 18.7. The van der Waals surface area contributed by atoms with Crippen LogP contribution in [0.4, 0.5) is 0 Å². The molecule has 0 radical (unpaired) electrons. The van der Waals surface area contributed by atoms with Crippen molar-refractivity contribution in [3.63, 3.8) is 0 Å². The smallest absolute Gasteiger partial charge is 0.120 e. The van der Waals surface area contributed by atoms with Gasteiger partial charge < -0.3 is 10.2 Å². The van der Waals surface area contributed by atoms with Gasteiger partial charge in [-0.05, 0) is 56.3 Å². The monoisotopic (exact) mass is 398 g/mol. The average molecular weight is 399 g/mol. The highest BCUT2D eigenvalue weighted by Gasteiger charge is 2.46. The minimum absolute atomic E-state index is 0.0166. The second-order valence-corrected chi connectivity index (χ2v) is 10.9. The third-order valence-corrected chi connectivity index (χ3v) is 6.94. The van der Waals surface area contributed by atoms with Gasteiger partial charge in [-0.25, -0.2) is 0 Å². The molecular weight excluding hydrogens is 368 g/mol.